The van der Waals surface area contributed by atoms with Gasteiger partial charge in [0.2, 0.25) is 0 Å². The summed E-state index contributed by atoms with van der Waals surface area (Å²) in [5.74, 6) is 0.884. The number of rotatable bonds is 4. The van der Waals surface area contributed by atoms with Gasteiger partial charge in [-0.15, -0.1) is 0 Å². The second kappa shape index (κ2) is 6.17. The van der Waals surface area contributed by atoms with Gasteiger partial charge >= 0.3 is 0 Å². The van der Waals surface area contributed by atoms with Crippen molar-refractivity contribution in [3.8, 4) is 5.75 Å². The molecule has 5 aromatic carbocycles. The molecule has 0 aromatic heterocycles. The van der Waals surface area contributed by atoms with Crippen molar-refractivity contribution in [3.05, 3.63) is 84.4 Å². The van der Waals surface area contributed by atoms with Crippen molar-refractivity contribution in [2.45, 2.75) is 6.54 Å². The number of anilines is 1. The fourth-order valence-corrected chi connectivity index (χ4v) is 4.12. The van der Waals surface area contributed by atoms with Crippen LogP contribution in [0.1, 0.15) is 5.56 Å². The summed E-state index contributed by atoms with van der Waals surface area (Å²) in [6.07, 6.45) is 0. The fourth-order valence-electron chi connectivity index (χ4n) is 4.12. The van der Waals surface area contributed by atoms with Gasteiger partial charge in [0, 0.05) is 19.3 Å². The van der Waals surface area contributed by atoms with Crippen LogP contribution in [0.25, 0.3) is 32.3 Å². The maximum atomic E-state index is 5.27. The predicted octanol–water partition coefficient (Wildman–Crippen LogP) is 6.23. The van der Waals surface area contributed by atoms with E-state index in [4.69, 9.17) is 4.74 Å². The lowest BCUT2D eigenvalue weighted by molar-refractivity contribution is 0.415. The van der Waals surface area contributed by atoms with Crippen molar-refractivity contribution >= 4 is 38.0 Å². The second-order valence-corrected chi connectivity index (χ2v) is 7.13. The molecule has 0 N–H and O–H groups in total. The SMILES string of the molecule is COc1ccc(N(C)Cc2ccc3ccc4cccc5ccc2c3c45)cc1. The zero-order valence-electron chi connectivity index (χ0n) is 15.6. The first-order valence-electron chi connectivity index (χ1n) is 9.25. The average molecular weight is 351 g/mol. The Hall–Kier alpha value is -3.26. The summed E-state index contributed by atoms with van der Waals surface area (Å²) in [6, 6.07) is 28.3. The standard InChI is InChI=1S/C25H21NO/c1-26(21-11-13-22(27-2)14-12-21)16-20-9-8-19-7-6-17-4-3-5-18-10-15-23(20)25(19)24(17)18/h3-15H,16H2,1-2H3. The van der Waals surface area contributed by atoms with E-state index in [1.807, 2.05) is 12.1 Å². The molecule has 2 nitrogen and oxygen atoms in total. The van der Waals surface area contributed by atoms with Crippen LogP contribution in [0.5, 0.6) is 5.75 Å². The Morgan fingerprint density at radius 3 is 2.04 bits per heavy atom. The second-order valence-electron chi connectivity index (χ2n) is 7.13. The van der Waals surface area contributed by atoms with Crippen molar-refractivity contribution in [3.63, 3.8) is 0 Å². The first-order chi connectivity index (χ1) is 13.2. The van der Waals surface area contributed by atoms with E-state index in [1.54, 1.807) is 7.11 Å². The molecule has 0 heterocycles. The highest BCUT2D eigenvalue weighted by Crippen LogP contribution is 2.36. The van der Waals surface area contributed by atoms with Gasteiger partial charge in [0.15, 0.2) is 0 Å². The lowest BCUT2D eigenvalue weighted by Gasteiger charge is -2.22. The van der Waals surface area contributed by atoms with Crippen LogP contribution in [0, 0.1) is 0 Å². The Balaban J connectivity index is 1.62. The maximum absolute atomic E-state index is 5.27. The Bertz CT molecular complexity index is 1220. The Kier molecular flexibility index (Phi) is 3.64. The Morgan fingerprint density at radius 1 is 0.704 bits per heavy atom. The van der Waals surface area contributed by atoms with E-state index in [-0.39, 0.29) is 0 Å². The molecule has 0 aliphatic carbocycles. The van der Waals surface area contributed by atoms with Crippen LogP contribution in [-0.4, -0.2) is 14.2 Å². The van der Waals surface area contributed by atoms with Gasteiger partial charge in [-0.3, -0.25) is 0 Å². The van der Waals surface area contributed by atoms with E-state index in [9.17, 15) is 0 Å². The number of benzene rings is 5. The van der Waals surface area contributed by atoms with E-state index in [1.165, 1.54) is 43.6 Å². The Morgan fingerprint density at radius 2 is 1.33 bits per heavy atom. The predicted molar refractivity (Wildman–Crippen MR) is 115 cm³/mol. The summed E-state index contributed by atoms with van der Waals surface area (Å²) in [7, 11) is 3.84. The molecule has 0 aliphatic heterocycles. The van der Waals surface area contributed by atoms with Gasteiger partial charge in [0.1, 0.15) is 5.75 Å². The molecule has 2 heteroatoms. The molecular formula is C25H21NO. The van der Waals surface area contributed by atoms with Crippen LogP contribution in [0.2, 0.25) is 0 Å². The molecule has 0 atom stereocenters. The van der Waals surface area contributed by atoms with Crippen LogP contribution in [0.15, 0.2) is 78.9 Å². The number of methoxy groups -OCH3 is 1. The lowest BCUT2D eigenvalue weighted by Crippen LogP contribution is -2.16. The molecule has 0 spiro atoms. The zero-order valence-corrected chi connectivity index (χ0v) is 15.6. The van der Waals surface area contributed by atoms with Gasteiger partial charge in [-0.2, -0.15) is 0 Å². The van der Waals surface area contributed by atoms with Crippen molar-refractivity contribution in [2.24, 2.45) is 0 Å². The molecule has 0 amide bonds. The minimum atomic E-state index is 0.862. The van der Waals surface area contributed by atoms with Gasteiger partial charge in [0.25, 0.3) is 0 Å². The largest absolute Gasteiger partial charge is 0.497 e. The Labute approximate surface area is 158 Å². The molecule has 0 fully saturated rings. The molecule has 0 aliphatic rings. The third-order valence-electron chi connectivity index (χ3n) is 5.54. The minimum absolute atomic E-state index is 0.862. The van der Waals surface area contributed by atoms with Gasteiger partial charge in [-0.05, 0) is 62.1 Å². The van der Waals surface area contributed by atoms with E-state index in [0.717, 1.165) is 12.3 Å². The van der Waals surface area contributed by atoms with Gasteiger partial charge in [0.05, 0.1) is 7.11 Å². The third kappa shape index (κ3) is 2.57. The summed E-state index contributed by atoms with van der Waals surface area (Å²) in [5, 5.41) is 8.03. The summed E-state index contributed by atoms with van der Waals surface area (Å²) in [5.41, 5.74) is 2.53. The van der Waals surface area contributed by atoms with Gasteiger partial charge in [-0.1, -0.05) is 54.6 Å². The fraction of sp³-hybridized carbons (Fsp3) is 0.120. The van der Waals surface area contributed by atoms with E-state index in [0.29, 0.717) is 0 Å². The average Bonchev–Trinajstić information content (AvgIpc) is 2.73. The number of hydrogen-bond donors (Lipinski definition) is 0. The maximum Gasteiger partial charge on any atom is 0.119 e. The van der Waals surface area contributed by atoms with Crippen molar-refractivity contribution in [1.29, 1.82) is 0 Å². The first kappa shape index (κ1) is 16.0. The molecule has 0 saturated heterocycles. The number of ether oxygens (including phenoxy) is 1. The number of nitrogens with zero attached hydrogens (tertiary/aromatic N) is 1. The van der Waals surface area contributed by atoms with E-state index in [2.05, 4.69) is 78.7 Å². The molecule has 132 valence electrons. The summed E-state index contributed by atoms with van der Waals surface area (Å²) in [4.78, 5) is 2.28. The van der Waals surface area contributed by atoms with E-state index < -0.39 is 0 Å². The third-order valence-corrected chi connectivity index (χ3v) is 5.54. The highest BCUT2D eigenvalue weighted by molar-refractivity contribution is 6.23. The topological polar surface area (TPSA) is 12.5 Å². The molecule has 0 saturated carbocycles. The zero-order chi connectivity index (χ0) is 18.4. The molecule has 5 aromatic rings. The van der Waals surface area contributed by atoms with Crippen LogP contribution < -0.4 is 9.64 Å². The monoisotopic (exact) mass is 351 g/mol. The lowest BCUT2D eigenvalue weighted by atomic mass is 9.92. The van der Waals surface area contributed by atoms with Crippen LogP contribution in [0.4, 0.5) is 5.69 Å². The van der Waals surface area contributed by atoms with Crippen molar-refractivity contribution in [1.82, 2.24) is 0 Å². The van der Waals surface area contributed by atoms with Crippen molar-refractivity contribution in [2.75, 3.05) is 19.1 Å². The van der Waals surface area contributed by atoms with Gasteiger partial charge in [-0.25, -0.2) is 0 Å². The molecule has 0 radical (unpaired) electrons. The highest BCUT2D eigenvalue weighted by Gasteiger charge is 2.12. The van der Waals surface area contributed by atoms with Crippen LogP contribution >= 0.6 is 0 Å². The van der Waals surface area contributed by atoms with Crippen molar-refractivity contribution < 1.29 is 4.74 Å². The molecule has 5 rings (SSSR count). The summed E-state index contributed by atoms with van der Waals surface area (Å²) < 4.78 is 5.27. The molecular weight excluding hydrogens is 330 g/mol. The number of hydrogen-bond acceptors (Lipinski definition) is 2. The first-order valence-corrected chi connectivity index (χ1v) is 9.25. The molecule has 0 bridgehead atoms. The smallest absolute Gasteiger partial charge is 0.119 e. The highest BCUT2D eigenvalue weighted by atomic mass is 16.5. The molecule has 27 heavy (non-hydrogen) atoms. The van der Waals surface area contributed by atoms with Crippen LogP contribution in [0.3, 0.4) is 0 Å². The summed E-state index contributed by atoms with van der Waals surface area (Å²) in [6.45, 7) is 0.862. The van der Waals surface area contributed by atoms with Crippen LogP contribution in [-0.2, 0) is 6.54 Å². The summed E-state index contributed by atoms with van der Waals surface area (Å²) >= 11 is 0. The molecule has 0 unspecified atom stereocenters. The quantitative estimate of drug-likeness (QED) is 0.356. The normalized spacial score (nSPS) is 11.5. The van der Waals surface area contributed by atoms with Gasteiger partial charge < -0.3 is 9.64 Å². The minimum Gasteiger partial charge on any atom is -0.497 e. The van der Waals surface area contributed by atoms with E-state index >= 15 is 0 Å².